The van der Waals surface area contributed by atoms with Crippen LogP contribution in [-0.2, 0) is 4.79 Å². The molecule has 1 aliphatic heterocycles. The summed E-state index contributed by atoms with van der Waals surface area (Å²) in [7, 11) is 0. The van der Waals surface area contributed by atoms with Crippen LogP contribution in [0.1, 0.15) is 6.42 Å². The molecule has 0 aliphatic carbocycles. The summed E-state index contributed by atoms with van der Waals surface area (Å²) < 4.78 is 11.6. The molecule has 0 aromatic carbocycles. The molecule has 0 aromatic heterocycles. The molecule has 0 bridgehead atoms. The zero-order valence-electron chi connectivity index (χ0n) is 6.81. The average Bonchev–Trinajstić information content (AvgIpc) is 2.52. The van der Waals surface area contributed by atoms with Crippen LogP contribution < -0.4 is 10.6 Å². The molecule has 1 heterocycles. The highest BCUT2D eigenvalue weighted by atomic mass is 35.5. The highest BCUT2D eigenvalue weighted by molar-refractivity contribution is 5.85. The van der Waals surface area contributed by atoms with E-state index in [-0.39, 0.29) is 12.4 Å². The number of carbonyl (C=O) groups excluding carboxylic acids is 1. The highest BCUT2D eigenvalue weighted by Gasteiger charge is 2.14. The van der Waals surface area contributed by atoms with E-state index in [2.05, 4.69) is 10.6 Å². The lowest BCUT2D eigenvalue weighted by atomic mass is 10.1. The molecule has 1 atom stereocenters. The van der Waals surface area contributed by atoms with E-state index in [0.717, 1.165) is 19.5 Å². The van der Waals surface area contributed by atoms with Gasteiger partial charge in [0.05, 0.1) is 0 Å². The Morgan fingerprint density at radius 2 is 2.42 bits per heavy atom. The van der Waals surface area contributed by atoms with Crippen molar-refractivity contribution in [2.45, 2.75) is 6.42 Å². The zero-order chi connectivity index (χ0) is 8.10. The number of alkyl halides is 1. The molecule has 3 nitrogen and oxygen atoms in total. The van der Waals surface area contributed by atoms with Crippen LogP contribution in [0.25, 0.3) is 0 Å². The third-order valence-electron chi connectivity index (χ3n) is 1.87. The van der Waals surface area contributed by atoms with Gasteiger partial charge in [-0.1, -0.05) is 0 Å². The Morgan fingerprint density at radius 1 is 1.67 bits per heavy atom. The molecule has 1 saturated heterocycles. The molecule has 5 heteroatoms. The van der Waals surface area contributed by atoms with E-state index in [0.29, 0.717) is 12.5 Å². The standard InChI is InChI=1S/C7H13FN2O.ClH/c8-3-7(11)10-5-6-1-2-9-4-6;/h6,9H,1-5H2,(H,10,11);1H/t6-;/m1./s1. The van der Waals surface area contributed by atoms with Crippen molar-refractivity contribution in [3.63, 3.8) is 0 Å². The van der Waals surface area contributed by atoms with Crippen molar-refractivity contribution in [1.82, 2.24) is 10.6 Å². The monoisotopic (exact) mass is 196 g/mol. The molecular weight excluding hydrogens is 183 g/mol. The lowest BCUT2D eigenvalue weighted by Gasteiger charge is -2.07. The summed E-state index contributed by atoms with van der Waals surface area (Å²) in [5, 5.41) is 5.69. The van der Waals surface area contributed by atoms with E-state index in [1.54, 1.807) is 0 Å². The van der Waals surface area contributed by atoms with E-state index in [1.807, 2.05) is 0 Å². The Kier molecular flexibility index (Phi) is 6.02. The molecule has 12 heavy (non-hydrogen) atoms. The number of nitrogens with one attached hydrogen (secondary N) is 2. The quantitative estimate of drug-likeness (QED) is 0.673. The number of hydrogen-bond acceptors (Lipinski definition) is 2. The van der Waals surface area contributed by atoms with Gasteiger partial charge >= 0.3 is 0 Å². The van der Waals surface area contributed by atoms with Crippen LogP contribution in [-0.4, -0.2) is 32.2 Å². The van der Waals surface area contributed by atoms with Crippen molar-refractivity contribution >= 4 is 18.3 Å². The van der Waals surface area contributed by atoms with Crippen molar-refractivity contribution in [1.29, 1.82) is 0 Å². The number of hydrogen-bond donors (Lipinski definition) is 2. The molecule has 1 fully saturated rings. The van der Waals surface area contributed by atoms with Crippen molar-refractivity contribution in [3.8, 4) is 0 Å². The van der Waals surface area contributed by atoms with Crippen LogP contribution in [0.3, 0.4) is 0 Å². The fourth-order valence-electron chi connectivity index (χ4n) is 1.19. The van der Waals surface area contributed by atoms with Gasteiger partial charge in [0.25, 0.3) is 5.91 Å². The second-order valence-electron chi connectivity index (χ2n) is 2.80. The van der Waals surface area contributed by atoms with Crippen LogP contribution in [0.2, 0.25) is 0 Å². The molecule has 0 spiro atoms. The molecule has 72 valence electrons. The third kappa shape index (κ3) is 3.88. The molecule has 0 saturated carbocycles. The smallest absolute Gasteiger partial charge is 0.251 e. The Bertz CT molecular complexity index is 139. The van der Waals surface area contributed by atoms with Gasteiger partial charge < -0.3 is 10.6 Å². The Hall–Kier alpha value is -0.350. The molecule has 0 unspecified atom stereocenters. The van der Waals surface area contributed by atoms with E-state index in [1.165, 1.54) is 0 Å². The third-order valence-corrected chi connectivity index (χ3v) is 1.87. The topological polar surface area (TPSA) is 41.1 Å². The SMILES string of the molecule is Cl.O=C(CF)NC[C@@H]1CCNC1. The molecule has 2 N–H and O–H groups in total. The lowest BCUT2D eigenvalue weighted by Crippen LogP contribution is -2.31. The van der Waals surface area contributed by atoms with E-state index in [9.17, 15) is 9.18 Å². The second-order valence-corrected chi connectivity index (χ2v) is 2.80. The molecule has 0 radical (unpaired) electrons. The van der Waals surface area contributed by atoms with Gasteiger partial charge in [-0.2, -0.15) is 0 Å². The van der Waals surface area contributed by atoms with E-state index in [4.69, 9.17) is 0 Å². The van der Waals surface area contributed by atoms with Crippen molar-refractivity contribution in [3.05, 3.63) is 0 Å². The first-order chi connectivity index (χ1) is 5.33. The van der Waals surface area contributed by atoms with Crippen LogP contribution in [0.4, 0.5) is 4.39 Å². The summed E-state index contributed by atoms with van der Waals surface area (Å²) in [5.41, 5.74) is 0. The second kappa shape index (κ2) is 6.20. The minimum Gasteiger partial charge on any atom is -0.354 e. The lowest BCUT2D eigenvalue weighted by molar-refractivity contribution is -0.122. The van der Waals surface area contributed by atoms with Crippen molar-refractivity contribution < 1.29 is 9.18 Å². The Labute approximate surface area is 77.5 Å². The maximum Gasteiger partial charge on any atom is 0.251 e. The summed E-state index contributed by atoms with van der Waals surface area (Å²) in [6.07, 6.45) is 1.08. The van der Waals surface area contributed by atoms with Gasteiger partial charge in [0, 0.05) is 6.54 Å². The molecule has 0 aromatic rings. The van der Waals surface area contributed by atoms with Crippen LogP contribution in [0.5, 0.6) is 0 Å². The predicted octanol–water partition coefficient (Wildman–Crippen LogP) is 0.103. The van der Waals surface area contributed by atoms with Crippen molar-refractivity contribution in [2.75, 3.05) is 26.3 Å². The average molecular weight is 197 g/mol. The highest BCUT2D eigenvalue weighted by Crippen LogP contribution is 2.04. The summed E-state index contributed by atoms with van der Waals surface area (Å²) in [4.78, 5) is 10.5. The Balaban J connectivity index is 0.00000121. The van der Waals surface area contributed by atoms with Gasteiger partial charge in [0.2, 0.25) is 0 Å². The fraction of sp³-hybridized carbons (Fsp3) is 0.857. The first-order valence-electron chi connectivity index (χ1n) is 3.86. The Morgan fingerprint density at radius 3 is 2.92 bits per heavy atom. The van der Waals surface area contributed by atoms with Gasteiger partial charge in [0.15, 0.2) is 6.67 Å². The van der Waals surface area contributed by atoms with Crippen molar-refractivity contribution in [2.24, 2.45) is 5.92 Å². The molecule has 1 aliphatic rings. The largest absolute Gasteiger partial charge is 0.354 e. The zero-order valence-corrected chi connectivity index (χ0v) is 7.62. The van der Waals surface area contributed by atoms with Gasteiger partial charge in [-0.25, -0.2) is 4.39 Å². The summed E-state index contributed by atoms with van der Waals surface area (Å²) in [6.45, 7) is 1.65. The number of rotatable bonds is 3. The van der Waals surface area contributed by atoms with Gasteiger partial charge in [-0.3, -0.25) is 4.79 Å². The first-order valence-corrected chi connectivity index (χ1v) is 3.86. The van der Waals surface area contributed by atoms with Gasteiger partial charge in [-0.15, -0.1) is 12.4 Å². The minimum absolute atomic E-state index is 0. The number of halogens is 2. The predicted molar refractivity (Wildman–Crippen MR) is 47.2 cm³/mol. The fourth-order valence-corrected chi connectivity index (χ4v) is 1.19. The molecular formula is C7H14ClFN2O. The summed E-state index contributed by atoms with van der Waals surface area (Å²) >= 11 is 0. The number of carbonyl (C=O) groups is 1. The maximum absolute atomic E-state index is 11.6. The molecule has 1 amide bonds. The number of amides is 1. The maximum atomic E-state index is 11.6. The summed E-state index contributed by atoms with van der Waals surface area (Å²) in [5.74, 6) is -0.0117. The molecule has 1 rings (SSSR count). The van der Waals surface area contributed by atoms with Crippen LogP contribution in [0.15, 0.2) is 0 Å². The van der Waals surface area contributed by atoms with E-state index < -0.39 is 12.6 Å². The van der Waals surface area contributed by atoms with E-state index >= 15 is 0 Å². The summed E-state index contributed by atoms with van der Waals surface area (Å²) in [6, 6.07) is 0. The minimum atomic E-state index is -0.903. The van der Waals surface area contributed by atoms with Crippen LogP contribution >= 0.6 is 12.4 Å². The first kappa shape index (κ1) is 11.6. The van der Waals surface area contributed by atoms with Gasteiger partial charge in [-0.05, 0) is 25.4 Å². The normalized spacial score (nSPS) is 21.6. The van der Waals surface area contributed by atoms with Gasteiger partial charge in [0.1, 0.15) is 0 Å². The van der Waals surface area contributed by atoms with Crippen LogP contribution in [0, 0.1) is 5.92 Å².